The molecule has 0 saturated heterocycles. The third-order valence-corrected chi connectivity index (χ3v) is 3.85. The molecule has 0 spiro atoms. The molecule has 1 fully saturated rings. The van der Waals surface area contributed by atoms with Crippen LogP contribution in [0.2, 0.25) is 0 Å². The molecule has 2 atom stereocenters. The second-order valence-electron chi connectivity index (χ2n) is 5.38. The Hall–Kier alpha value is -1.82. The number of aliphatic hydroxyl groups excluding tert-OH is 1. The summed E-state index contributed by atoms with van der Waals surface area (Å²) >= 11 is 0. The summed E-state index contributed by atoms with van der Waals surface area (Å²) < 4.78 is 4.97. The molecule has 1 aliphatic rings. The molecule has 1 heterocycles. The zero-order valence-corrected chi connectivity index (χ0v) is 12.0. The van der Waals surface area contributed by atoms with Gasteiger partial charge in [0.15, 0.2) is 5.76 Å². The predicted molar refractivity (Wildman–Crippen MR) is 76.6 cm³/mol. The molecule has 116 valence electrons. The molecule has 0 aliphatic heterocycles. The van der Waals surface area contributed by atoms with Gasteiger partial charge in [-0.3, -0.25) is 9.59 Å². The normalized spacial score (nSPS) is 21.2. The Labute approximate surface area is 123 Å². The second-order valence-corrected chi connectivity index (χ2v) is 5.38. The van der Waals surface area contributed by atoms with Gasteiger partial charge in [0.05, 0.1) is 6.26 Å². The number of nitrogens with one attached hydrogen (secondary N) is 2. The lowest BCUT2D eigenvalue weighted by atomic mass is 10.0. The summed E-state index contributed by atoms with van der Waals surface area (Å²) in [7, 11) is 0. The second kappa shape index (κ2) is 7.83. The van der Waals surface area contributed by atoms with E-state index in [4.69, 9.17) is 4.42 Å². The zero-order chi connectivity index (χ0) is 15.1. The number of hydrogen-bond acceptors (Lipinski definition) is 4. The smallest absolute Gasteiger partial charge is 0.286 e. The number of amides is 2. The molecule has 1 aliphatic carbocycles. The number of furan rings is 1. The summed E-state index contributed by atoms with van der Waals surface area (Å²) in [6.45, 7) is 0.561. The largest absolute Gasteiger partial charge is 0.459 e. The van der Waals surface area contributed by atoms with E-state index in [9.17, 15) is 14.7 Å². The van der Waals surface area contributed by atoms with Gasteiger partial charge >= 0.3 is 0 Å². The Bertz CT molecular complexity index is 458. The van der Waals surface area contributed by atoms with Crippen LogP contribution in [-0.4, -0.2) is 36.1 Å². The van der Waals surface area contributed by atoms with E-state index in [0.29, 0.717) is 19.4 Å². The SMILES string of the molecule is O=C(CCCNC(=O)c1ccco1)NC1CCCC1CO. The third-order valence-electron chi connectivity index (χ3n) is 3.85. The van der Waals surface area contributed by atoms with Crippen molar-refractivity contribution in [2.24, 2.45) is 5.92 Å². The van der Waals surface area contributed by atoms with Gasteiger partial charge in [0.1, 0.15) is 0 Å². The molecule has 0 radical (unpaired) electrons. The Morgan fingerprint density at radius 2 is 2.24 bits per heavy atom. The number of carbonyl (C=O) groups is 2. The van der Waals surface area contributed by atoms with Crippen LogP contribution < -0.4 is 10.6 Å². The van der Waals surface area contributed by atoms with E-state index in [1.807, 2.05) is 0 Å². The highest BCUT2D eigenvalue weighted by Gasteiger charge is 2.27. The monoisotopic (exact) mass is 294 g/mol. The molecule has 0 aromatic carbocycles. The molecule has 6 heteroatoms. The van der Waals surface area contributed by atoms with Gasteiger partial charge in [-0.15, -0.1) is 0 Å². The van der Waals surface area contributed by atoms with Crippen molar-refractivity contribution >= 4 is 11.8 Å². The van der Waals surface area contributed by atoms with E-state index in [1.165, 1.54) is 6.26 Å². The van der Waals surface area contributed by atoms with Gasteiger partial charge in [0.2, 0.25) is 5.91 Å². The van der Waals surface area contributed by atoms with E-state index in [0.717, 1.165) is 19.3 Å². The summed E-state index contributed by atoms with van der Waals surface area (Å²) in [5, 5.41) is 14.9. The van der Waals surface area contributed by atoms with Crippen molar-refractivity contribution < 1.29 is 19.1 Å². The fourth-order valence-electron chi connectivity index (χ4n) is 2.67. The quantitative estimate of drug-likeness (QED) is 0.656. The van der Waals surface area contributed by atoms with Crippen LogP contribution in [0.5, 0.6) is 0 Å². The molecule has 21 heavy (non-hydrogen) atoms. The molecule has 3 N–H and O–H groups in total. The van der Waals surface area contributed by atoms with Crippen LogP contribution in [-0.2, 0) is 4.79 Å². The van der Waals surface area contributed by atoms with E-state index in [1.54, 1.807) is 12.1 Å². The number of carbonyl (C=O) groups excluding carboxylic acids is 2. The minimum Gasteiger partial charge on any atom is -0.459 e. The summed E-state index contributed by atoms with van der Waals surface area (Å²) in [4.78, 5) is 23.4. The van der Waals surface area contributed by atoms with Gasteiger partial charge in [-0.25, -0.2) is 0 Å². The molecule has 6 nitrogen and oxygen atoms in total. The van der Waals surface area contributed by atoms with E-state index < -0.39 is 0 Å². The lowest BCUT2D eigenvalue weighted by molar-refractivity contribution is -0.122. The maximum absolute atomic E-state index is 11.8. The van der Waals surface area contributed by atoms with Crippen molar-refractivity contribution in [1.82, 2.24) is 10.6 Å². The first-order chi connectivity index (χ1) is 10.2. The van der Waals surface area contributed by atoms with Gasteiger partial charge in [-0.05, 0) is 31.4 Å². The van der Waals surface area contributed by atoms with Crippen molar-refractivity contribution in [3.8, 4) is 0 Å². The van der Waals surface area contributed by atoms with Crippen molar-refractivity contribution in [2.45, 2.75) is 38.1 Å². The summed E-state index contributed by atoms with van der Waals surface area (Å²) in [5.74, 6) is 0.174. The van der Waals surface area contributed by atoms with Crippen LogP contribution in [0.15, 0.2) is 22.8 Å². The molecule has 2 unspecified atom stereocenters. The fourth-order valence-corrected chi connectivity index (χ4v) is 2.67. The van der Waals surface area contributed by atoms with Crippen LogP contribution in [0, 0.1) is 5.92 Å². The first-order valence-electron chi connectivity index (χ1n) is 7.42. The van der Waals surface area contributed by atoms with E-state index in [2.05, 4.69) is 10.6 Å². The average Bonchev–Trinajstić information content (AvgIpc) is 3.14. The van der Waals surface area contributed by atoms with Crippen molar-refractivity contribution in [3.05, 3.63) is 24.2 Å². The van der Waals surface area contributed by atoms with Crippen LogP contribution in [0.1, 0.15) is 42.7 Å². The Morgan fingerprint density at radius 1 is 1.38 bits per heavy atom. The highest BCUT2D eigenvalue weighted by Crippen LogP contribution is 2.25. The van der Waals surface area contributed by atoms with Crippen LogP contribution in [0.4, 0.5) is 0 Å². The maximum Gasteiger partial charge on any atom is 0.286 e. The van der Waals surface area contributed by atoms with E-state index >= 15 is 0 Å². The van der Waals surface area contributed by atoms with Crippen LogP contribution in [0.25, 0.3) is 0 Å². The van der Waals surface area contributed by atoms with Crippen molar-refractivity contribution in [1.29, 1.82) is 0 Å². The van der Waals surface area contributed by atoms with Gasteiger partial charge < -0.3 is 20.2 Å². The standard InChI is InChI=1S/C15H22N2O4/c18-10-11-4-1-5-12(11)17-14(19)7-2-8-16-15(20)13-6-3-9-21-13/h3,6,9,11-12,18H,1-2,4-5,7-8,10H2,(H,16,20)(H,17,19). The lowest BCUT2D eigenvalue weighted by Crippen LogP contribution is -2.38. The molecule has 2 rings (SSSR count). The minimum absolute atomic E-state index is 0.0207. The van der Waals surface area contributed by atoms with Crippen molar-refractivity contribution in [2.75, 3.05) is 13.2 Å². The van der Waals surface area contributed by atoms with Gasteiger partial charge in [-0.1, -0.05) is 6.42 Å². The van der Waals surface area contributed by atoms with Crippen molar-refractivity contribution in [3.63, 3.8) is 0 Å². The topological polar surface area (TPSA) is 91.6 Å². The average molecular weight is 294 g/mol. The number of hydrogen-bond donors (Lipinski definition) is 3. The first-order valence-corrected chi connectivity index (χ1v) is 7.42. The van der Waals surface area contributed by atoms with Gasteiger partial charge in [-0.2, -0.15) is 0 Å². The minimum atomic E-state index is -0.267. The Kier molecular flexibility index (Phi) is 5.80. The van der Waals surface area contributed by atoms with E-state index in [-0.39, 0.29) is 36.1 Å². The lowest BCUT2D eigenvalue weighted by Gasteiger charge is -2.18. The van der Waals surface area contributed by atoms with Crippen LogP contribution in [0.3, 0.4) is 0 Å². The van der Waals surface area contributed by atoms with Gasteiger partial charge in [0.25, 0.3) is 5.91 Å². The third kappa shape index (κ3) is 4.60. The number of rotatable bonds is 7. The molecule has 0 bridgehead atoms. The zero-order valence-electron chi connectivity index (χ0n) is 12.0. The Balaban J connectivity index is 1.60. The van der Waals surface area contributed by atoms with Crippen LogP contribution >= 0.6 is 0 Å². The van der Waals surface area contributed by atoms with Gasteiger partial charge in [0, 0.05) is 31.5 Å². The predicted octanol–water partition coefficient (Wildman–Crippen LogP) is 1.07. The number of aliphatic hydroxyl groups is 1. The Morgan fingerprint density at radius 3 is 2.95 bits per heavy atom. The summed E-state index contributed by atoms with van der Waals surface area (Å²) in [5.41, 5.74) is 0. The molecule has 1 saturated carbocycles. The molecule has 1 aromatic rings. The summed E-state index contributed by atoms with van der Waals surface area (Å²) in [6.07, 6.45) is 5.35. The molecular weight excluding hydrogens is 272 g/mol. The molecular formula is C15H22N2O4. The first kappa shape index (κ1) is 15.6. The fraction of sp³-hybridized carbons (Fsp3) is 0.600. The summed E-state index contributed by atoms with van der Waals surface area (Å²) in [6, 6.07) is 3.35. The highest BCUT2D eigenvalue weighted by atomic mass is 16.3. The molecule has 2 amide bonds. The highest BCUT2D eigenvalue weighted by molar-refractivity contribution is 5.91. The maximum atomic E-state index is 11.8. The molecule has 1 aromatic heterocycles.